The first kappa shape index (κ1) is 9.44. The molecule has 76 valence electrons. The van der Waals surface area contributed by atoms with Crippen LogP contribution in [0.5, 0.6) is 0 Å². The van der Waals surface area contributed by atoms with Gasteiger partial charge in [0.1, 0.15) is 0 Å². The van der Waals surface area contributed by atoms with E-state index in [1.165, 1.54) is 0 Å². The van der Waals surface area contributed by atoms with Gasteiger partial charge in [0, 0.05) is 12.1 Å². The standard InChI is InChI=1S/C10H19NO2/c1-10(12)4-3-8-6-13-7-9(5-10)11(8)2/h8-9,12H,3-7H2,1-2H3. The maximum absolute atomic E-state index is 10.0. The Hall–Kier alpha value is -0.120. The molecule has 0 aromatic rings. The third-order valence-electron chi connectivity index (χ3n) is 3.46. The summed E-state index contributed by atoms with van der Waals surface area (Å²) in [7, 11) is 2.15. The fraction of sp³-hybridized carbons (Fsp3) is 1.00. The molecule has 3 atom stereocenters. The number of nitrogens with zero attached hydrogens (tertiary/aromatic N) is 1. The molecule has 0 saturated carbocycles. The Bertz CT molecular complexity index is 193. The van der Waals surface area contributed by atoms with Crippen LogP contribution in [0.15, 0.2) is 0 Å². The molecule has 3 nitrogen and oxygen atoms in total. The number of hydrogen-bond acceptors (Lipinski definition) is 3. The molecule has 2 aliphatic heterocycles. The van der Waals surface area contributed by atoms with Gasteiger partial charge in [-0.2, -0.15) is 0 Å². The van der Waals surface area contributed by atoms with Crippen LogP contribution in [-0.2, 0) is 4.74 Å². The molecule has 3 unspecified atom stereocenters. The SMILES string of the molecule is CN1C2CCC(C)(O)CC1COC2. The summed E-state index contributed by atoms with van der Waals surface area (Å²) in [4.78, 5) is 2.38. The number of fused-ring (bicyclic) bond motifs is 2. The largest absolute Gasteiger partial charge is 0.390 e. The molecule has 2 saturated heterocycles. The van der Waals surface area contributed by atoms with Crippen LogP contribution in [-0.4, -0.2) is 48.0 Å². The number of aliphatic hydroxyl groups is 1. The summed E-state index contributed by atoms with van der Waals surface area (Å²) in [5, 5.41) is 10.0. The maximum Gasteiger partial charge on any atom is 0.0636 e. The lowest BCUT2D eigenvalue weighted by Crippen LogP contribution is -2.49. The topological polar surface area (TPSA) is 32.7 Å². The maximum atomic E-state index is 10.0. The van der Waals surface area contributed by atoms with E-state index >= 15 is 0 Å². The smallest absolute Gasteiger partial charge is 0.0636 e. The molecular weight excluding hydrogens is 166 g/mol. The van der Waals surface area contributed by atoms with Crippen molar-refractivity contribution in [1.29, 1.82) is 0 Å². The highest BCUT2D eigenvalue weighted by atomic mass is 16.5. The lowest BCUT2D eigenvalue weighted by molar-refractivity contribution is -0.0447. The Labute approximate surface area is 79.7 Å². The van der Waals surface area contributed by atoms with Crippen LogP contribution in [0.25, 0.3) is 0 Å². The van der Waals surface area contributed by atoms with Crippen molar-refractivity contribution in [3.8, 4) is 0 Å². The number of hydrogen-bond donors (Lipinski definition) is 1. The van der Waals surface area contributed by atoms with Crippen molar-refractivity contribution in [2.24, 2.45) is 0 Å². The summed E-state index contributed by atoms with van der Waals surface area (Å²) >= 11 is 0. The summed E-state index contributed by atoms with van der Waals surface area (Å²) in [5.41, 5.74) is -0.485. The van der Waals surface area contributed by atoms with Crippen LogP contribution >= 0.6 is 0 Å². The van der Waals surface area contributed by atoms with Gasteiger partial charge < -0.3 is 9.84 Å². The number of likely N-dealkylation sites (N-methyl/N-ethyl adjacent to an activating group) is 1. The molecule has 0 aromatic heterocycles. The van der Waals surface area contributed by atoms with Crippen molar-refractivity contribution in [2.45, 2.75) is 43.9 Å². The van der Waals surface area contributed by atoms with Crippen LogP contribution in [0.3, 0.4) is 0 Å². The third-order valence-corrected chi connectivity index (χ3v) is 3.46. The van der Waals surface area contributed by atoms with E-state index < -0.39 is 5.60 Å². The van der Waals surface area contributed by atoms with Gasteiger partial charge in [-0.1, -0.05) is 0 Å². The number of morpholine rings is 1. The minimum Gasteiger partial charge on any atom is -0.390 e. The van der Waals surface area contributed by atoms with E-state index in [0.29, 0.717) is 12.1 Å². The highest BCUT2D eigenvalue weighted by Crippen LogP contribution is 2.30. The molecule has 2 bridgehead atoms. The van der Waals surface area contributed by atoms with Crippen LogP contribution in [0, 0.1) is 0 Å². The van der Waals surface area contributed by atoms with E-state index in [9.17, 15) is 5.11 Å². The molecule has 3 heteroatoms. The van der Waals surface area contributed by atoms with Gasteiger partial charge in [-0.25, -0.2) is 0 Å². The minimum atomic E-state index is -0.485. The lowest BCUT2D eigenvalue weighted by Gasteiger charge is -2.38. The van der Waals surface area contributed by atoms with Crippen LogP contribution < -0.4 is 0 Å². The number of ether oxygens (including phenoxy) is 1. The first-order chi connectivity index (χ1) is 6.08. The molecule has 0 spiro atoms. The molecule has 0 radical (unpaired) electrons. The van der Waals surface area contributed by atoms with Gasteiger partial charge in [0.05, 0.1) is 18.8 Å². The molecule has 0 amide bonds. The Kier molecular flexibility index (Phi) is 2.34. The van der Waals surface area contributed by atoms with Gasteiger partial charge in [0.25, 0.3) is 0 Å². The van der Waals surface area contributed by atoms with E-state index in [2.05, 4.69) is 11.9 Å². The zero-order chi connectivity index (χ0) is 9.47. The van der Waals surface area contributed by atoms with Gasteiger partial charge in [-0.3, -0.25) is 4.90 Å². The second kappa shape index (κ2) is 3.23. The second-order valence-electron chi connectivity index (χ2n) is 4.75. The minimum absolute atomic E-state index is 0.413. The van der Waals surface area contributed by atoms with Gasteiger partial charge in [-0.15, -0.1) is 0 Å². The van der Waals surface area contributed by atoms with Crippen molar-refractivity contribution in [3.05, 3.63) is 0 Å². The summed E-state index contributed by atoms with van der Waals surface area (Å²) in [5.74, 6) is 0. The summed E-state index contributed by atoms with van der Waals surface area (Å²) in [6.45, 7) is 3.56. The van der Waals surface area contributed by atoms with Crippen molar-refractivity contribution in [3.63, 3.8) is 0 Å². The van der Waals surface area contributed by atoms with Crippen molar-refractivity contribution in [1.82, 2.24) is 4.90 Å². The highest BCUT2D eigenvalue weighted by molar-refractivity contribution is 4.91. The normalized spacial score (nSPS) is 47.3. The van der Waals surface area contributed by atoms with Gasteiger partial charge in [-0.05, 0) is 33.2 Å². The molecule has 2 aliphatic rings. The number of rotatable bonds is 0. The van der Waals surface area contributed by atoms with Gasteiger partial charge in [0.2, 0.25) is 0 Å². The average Bonchev–Trinajstić information content (AvgIpc) is 2.15. The lowest BCUT2D eigenvalue weighted by atomic mass is 9.94. The average molecular weight is 185 g/mol. The first-order valence-corrected chi connectivity index (χ1v) is 5.10. The van der Waals surface area contributed by atoms with Crippen LogP contribution in [0.2, 0.25) is 0 Å². The third kappa shape index (κ3) is 1.87. The molecular formula is C10H19NO2. The molecule has 1 N–H and O–H groups in total. The van der Waals surface area contributed by atoms with Gasteiger partial charge in [0.15, 0.2) is 0 Å². The molecule has 13 heavy (non-hydrogen) atoms. The molecule has 2 fully saturated rings. The van der Waals surface area contributed by atoms with E-state index in [0.717, 1.165) is 32.5 Å². The van der Waals surface area contributed by atoms with E-state index in [1.807, 2.05) is 6.92 Å². The predicted octanol–water partition coefficient (Wildman–Crippen LogP) is 0.620. The Balaban J connectivity index is 2.13. The molecule has 2 heterocycles. The second-order valence-corrected chi connectivity index (χ2v) is 4.75. The Morgan fingerprint density at radius 1 is 1.38 bits per heavy atom. The predicted molar refractivity (Wildman–Crippen MR) is 50.6 cm³/mol. The first-order valence-electron chi connectivity index (χ1n) is 5.10. The van der Waals surface area contributed by atoms with Crippen molar-refractivity contribution in [2.75, 3.05) is 20.3 Å². The molecule has 2 rings (SSSR count). The molecule has 0 aromatic carbocycles. The fourth-order valence-corrected chi connectivity index (χ4v) is 2.45. The monoisotopic (exact) mass is 185 g/mol. The zero-order valence-electron chi connectivity index (χ0n) is 8.49. The highest BCUT2D eigenvalue weighted by Gasteiger charge is 2.37. The Morgan fingerprint density at radius 2 is 2.08 bits per heavy atom. The van der Waals surface area contributed by atoms with Crippen molar-refractivity contribution >= 4 is 0 Å². The Morgan fingerprint density at radius 3 is 2.85 bits per heavy atom. The van der Waals surface area contributed by atoms with E-state index in [1.54, 1.807) is 0 Å². The van der Waals surface area contributed by atoms with E-state index in [-0.39, 0.29) is 0 Å². The van der Waals surface area contributed by atoms with Crippen LogP contribution in [0.1, 0.15) is 26.2 Å². The summed E-state index contributed by atoms with van der Waals surface area (Å²) in [6.07, 6.45) is 2.81. The summed E-state index contributed by atoms with van der Waals surface area (Å²) < 4.78 is 5.53. The zero-order valence-corrected chi connectivity index (χ0v) is 8.49. The fourth-order valence-electron chi connectivity index (χ4n) is 2.45. The quantitative estimate of drug-likeness (QED) is 0.600. The van der Waals surface area contributed by atoms with Crippen molar-refractivity contribution < 1.29 is 9.84 Å². The van der Waals surface area contributed by atoms with Crippen LogP contribution in [0.4, 0.5) is 0 Å². The molecule has 0 aliphatic carbocycles. The summed E-state index contributed by atoms with van der Waals surface area (Å²) in [6, 6.07) is 0.934. The van der Waals surface area contributed by atoms with E-state index in [4.69, 9.17) is 4.74 Å². The van der Waals surface area contributed by atoms with Gasteiger partial charge >= 0.3 is 0 Å².